The van der Waals surface area contributed by atoms with E-state index in [-0.39, 0.29) is 34.6 Å². The summed E-state index contributed by atoms with van der Waals surface area (Å²) in [7, 11) is 1.95. The molecule has 1 aliphatic heterocycles. The third-order valence-electron chi connectivity index (χ3n) is 9.42. The molecule has 0 spiro atoms. The number of hydrogen-bond acceptors (Lipinski definition) is 3. The van der Waals surface area contributed by atoms with E-state index in [9.17, 15) is 14.0 Å². The largest absolute Gasteiger partial charge is 0.338 e. The minimum atomic E-state index is -0.405. The van der Waals surface area contributed by atoms with E-state index >= 15 is 0 Å². The van der Waals surface area contributed by atoms with E-state index in [4.69, 9.17) is 0 Å². The lowest BCUT2D eigenvalue weighted by molar-refractivity contribution is -0.141. The molecule has 3 fully saturated rings. The van der Waals surface area contributed by atoms with Gasteiger partial charge in [0.05, 0.1) is 6.20 Å². The van der Waals surface area contributed by atoms with Crippen LogP contribution in [0.3, 0.4) is 0 Å². The van der Waals surface area contributed by atoms with Crippen molar-refractivity contribution in [2.75, 3.05) is 12.4 Å². The van der Waals surface area contributed by atoms with Crippen LogP contribution in [0.15, 0.2) is 30.5 Å². The van der Waals surface area contributed by atoms with Crippen LogP contribution in [0.4, 0.5) is 10.2 Å². The van der Waals surface area contributed by atoms with Crippen LogP contribution in [0.2, 0.25) is 0 Å². The number of hydrogen-bond donors (Lipinski definition) is 1. The molecular weight excluding hydrogens is 393 g/mol. The number of carbonyl (C=O) groups is 2. The molecule has 4 aliphatic rings. The second-order valence-electron chi connectivity index (χ2n) is 10.6. The van der Waals surface area contributed by atoms with E-state index in [2.05, 4.69) is 30.2 Å². The standard InChI is InChI=1S/C25H32FN3O2/c1-24-12-10-18-16(5-8-20-25(18,2)13-11-22(30)29(20)3)17(24)6-7-19(24)23(31)28-21-9-4-15(26)14-27-21/h4,9,11,13-14,16-20H,5-8,10,12H2,1-3H3,(H,27,28,31)/t16-,17-,18+,19?,20?,24-,25+/m0/s1. The molecule has 5 rings (SSSR count). The number of aromatic nitrogens is 1. The Bertz CT molecular complexity index is 931. The van der Waals surface area contributed by atoms with Gasteiger partial charge in [-0.1, -0.05) is 19.9 Å². The fraction of sp³-hybridized carbons (Fsp3) is 0.640. The number of nitrogens with zero attached hydrogens (tertiary/aromatic N) is 2. The summed E-state index contributed by atoms with van der Waals surface area (Å²) in [5, 5.41) is 2.93. The first-order valence-electron chi connectivity index (χ1n) is 11.6. The van der Waals surface area contributed by atoms with Gasteiger partial charge < -0.3 is 10.2 Å². The lowest BCUT2D eigenvalue weighted by atomic mass is 9.47. The Morgan fingerprint density at radius 2 is 1.97 bits per heavy atom. The van der Waals surface area contributed by atoms with Crippen molar-refractivity contribution in [1.82, 2.24) is 9.88 Å². The molecular formula is C25H32FN3O2. The van der Waals surface area contributed by atoms with Gasteiger partial charge in [0.2, 0.25) is 11.8 Å². The summed E-state index contributed by atoms with van der Waals surface area (Å²) in [6, 6.07) is 3.13. The number of carbonyl (C=O) groups excluding carboxylic acids is 2. The topological polar surface area (TPSA) is 62.3 Å². The Morgan fingerprint density at radius 3 is 2.71 bits per heavy atom. The first-order chi connectivity index (χ1) is 14.7. The average molecular weight is 426 g/mol. The molecule has 2 unspecified atom stereocenters. The predicted molar refractivity (Wildman–Crippen MR) is 116 cm³/mol. The molecule has 5 nitrogen and oxygen atoms in total. The van der Waals surface area contributed by atoms with Crippen molar-refractivity contribution in [3.8, 4) is 0 Å². The molecule has 3 aliphatic carbocycles. The molecule has 0 radical (unpaired) electrons. The number of likely N-dealkylation sites (N-methyl/N-ethyl adjacent to an activating group) is 1. The Labute approximate surface area is 183 Å². The summed E-state index contributed by atoms with van der Waals surface area (Å²) in [5.74, 6) is 1.78. The van der Waals surface area contributed by atoms with Crippen LogP contribution >= 0.6 is 0 Å². The molecule has 7 atom stereocenters. The molecule has 2 amide bonds. The third kappa shape index (κ3) is 3.05. The predicted octanol–water partition coefficient (Wildman–Crippen LogP) is 4.41. The number of nitrogens with one attached hydrogen (secondary N) is 1. The number of rotatable bonds is 2. The number of pyridine rings is 1. The highest BCUT2D eigenvalue weighted by Gasteiger charge is 2.61. The maximum absolute atomic E-state index is 13.2. The first-order valence-corrected chi connectivity index (χ1v) is 11.6. The van der Waals surface area contributed by atoms with Crippen LogP contribution in [0.1, 0.15) is 52.4 Å². The fourth-order valence-corrected chi connectivity index (χ4v) is 7.83. The molecule has 1 aromatic rings. The van der Waals surface area contributed by atoms with Crippen LogP contribution in [0, 0.1) is 40.3 Å². The van der Waals surface area contributed by atoms with Gasteiger partial charge in [0.25, 0.3) is 0 Å². The zero-order valence-corrected chi connectivity index (χ0v) is 18.6. The quantitative estimate of drug-likeness (QED) is 0.763. The highest BCUT2D eigenvalue weighted by Crippen LogP contribution is 2.65. The molecule has 3 saturated carbocycles. The van der Waals surface area contributed by atoms with Crippen molar-refractivity contribution < 1.29 is 14.0 Å². The third-order valence-corrected chi connectivity index (χ3v) is 9.42. The Hall–Kier alpha value is -2.24. The van der Waals surface area contributed by atoms with Gasteiger partial charge in [0, 0.05) is 24.4 Å². The first kappa shape index (κ1) is 20.7. The molecule has 0 bridgehead atoms. The second kappa shape index (κ2) is 7.14. The molecule has 6 heteroatoms. The molecule has 0 aromatic carbocycles. The maximum Gasteiger partial charge on any atom is 0.246 e. The Kier molecular flexibility index (Phi) is 4.76. The van der Waals surface area contributed by atoms with Crippen LogP contribution in [0.25, 0.3) is 0 Å². The summed E-state index contributed by atoms with van der Waals surface area (Å²) in [6.45, 7) is 4.65. The highest BCUT2D eigenvalue weighted by atomic mass is 19.1. The van der Waals surface area contributed by atoms with Gasteiger partial charge in [-0.15, -0.1) is 0 Å². The summed E-state index contributed by atoms with van der Waals surface area (Å²) >= 11 is 0. The van der Waals surface area contributed by atoms with Crippen molar-refractivity contribution in [2.45, 2.75) is 58.4 Å². The Morgan fingerprint density at radius 1 is 1.16 bits per heavy atom. The van der Waals surface area contributed by atoms with E-state index in [1.807, 2.05) is 11.9 Å². The van der Waals surface area contributed by atoms with Crippen LogP contribution in [0.5, 0.6) is 0 Å². The monoisotopic (exact) mass is 425 g/mol. The smallest absolute Gasteiger partial charge is 0.246 e. The van der Waals surface area contributed by atoms with Gasteiger partial charge in [-0.05, 0) is 79.9 Å². The van der Waals surface area contributed by atoms with Crippen molar-refractivity contribution >= 4 is 17.6 Å². The summed E-state index contributed by atoms with van der Waals surface area (Å²) in [5.41, 5.74) is -0.000136. The fourth-order valence-electron chi connectivity index (χ4n) is 7.83. The minimum Gasteiger partial charge on any atom is -0.338 e. The number of halogens is 1. The minimum absolute atomic E-state index is 0.0188. The van der Waals surface area contributed by atoms with Crippen LogP contribution < -0.4 is 5.32 Å². The van der Waals surface area contributed by atoms with Crippen molar-refractivity contribution in [3.05, 3.63) is 36.3 Å². The normalized spacial score (nSPS) is 41.4. The zero-order chi connectivity index (χ0) is 22.0. The summed E-state index contributed by atoms with van der Waals surface area (Å²) in [4.78, 5) is 31.4. The Balaban J connectivity index is 1.37. The van der Waals surface area contributed by atoms with Crippen molar-refractivity contribution in [2.24, 2.45) is 34.5 Å². The molecule has 2 heterocycles. The van der Waals surface area contributed by atoms with E-state index in [1.165, 1.54) is 12.1 Å². The van der Waals surface area contributed by atoms with Gasteiger partial charge in [0.1, 0.15) is 11.6 Å². The second-order valence-corrected chi connectivity index (χ2v) is 10.6. The molecule has 31 heavy (non-hydrogen) atoms. The van der Waals surface area contributed by atoms with E-state index < -0.39 is 5.82 Å². The molecule has 0 saturated heterocycles. The summed E-state index contributed by atoms with van der Waals surface area (Å²) in [6.07, 6.45) is 11.4. The van der Waals surface area contributed by atoms with E-state index in [0.29, 0.717) is 23.6 Å². The van der Waals surface area contributed by atoms with Gasteiger partial charge >= 0.3 is 0 Å². The van der Waals surface area contributed by atoms with E-state index in [1.54, 1.807) is 6.08 Å². The van der Waals surface area contributed by atoms with Gasteiger partial charge in [0.15, 0.2) is 0 Å². The molecule has 1 N–H and O–H groups in total. The van der Waals surface area contributed by atoms with Crippen molar-refractivity contribution in [1.29, 1.82) is 0 Å². The van der Waals surface area contributed by atoms with Crippen molar-refractivity contribution in [3.63, 3.8) is 0 Å². The SMILES string of the molecule is CN1C(=O)C=C[C@@]2(C)C1CC[C@@H]1[C@H]2CC[C@]2(C)C(C(=O)Nc3ccc(F)cn3)CC[C@@H]12. The lowest BCUT2D eigenvalue weighted by Crippen LogP contribution is -2.59. The molecule has 166 valence electrons. The zero-order valence-electron chi connectivity index (χ0n) is 18.6. The number of fused-ring (bicyclic) bond motifs is 5. The van der Waals surface area contributed by atoms with Crippen LogP contribution in [-0.2, 0) is 9.59 Å². The maximum atomic E-state index is 13.2. The lowest BCUT2D eigenvalue weighted by Gasteiger charge is -2.60. The number of amides is 2. The summed E-state index contributed by atoms with van der Waals surface area (Å²) < 4.78 is 13.2. The number of anilines is 1. The average Bonchev–Trinajstić information content (AvgIpc) is 3.10. The van der Waals surface area contributed by atoms with Gasteiger partial charge in [-0.25, -0.2) is 9.37 Å². The highest BCUT2D eigenvalue weighted by molar-refractivity contribution is 5.92. The van der Waals surface area contributed by atoms with Crippen LogP contribution in [-0.4, -0.2) is 34.8 Å². The van der Waals surface area contributed by atoms with E-state index in [0.717, 1.165) is 44.7 Å². The van der Waals surface area contributed by atoms with Gasteiger partial charge in [-0.3, -0.25) is 9.59 Å². The molecule has 1 aromatic heterocycles. The van der Waals surface area contributed by atoms with Gasteiger partial charge in [-0.2, -0.15) is 0 Å².